The van der Waals surface area contributed by atoms with E-state index in [-0.39, 0.29) is 88.1 Å². The van der Waals surface area contributed by atoms with Gasteiger partial charge in [0, 0.05) is 86.5 Å². The molecule has 8 rings (SSSR count). The summed E-state index contributed by atoms with van der Waals surface area (Å²) >= 11 is 0. The summed E-state index contributed by atoms with van der Waals surface area (Å²) in [5.41, 5.74) is -0.476. The van der Waals surface area contributed by atoms with Gasteiger partial charge in [-0.25, -0.2) is 0 Å². The van der Waals surface area contributed by atoms with Crippen LogP contribution in [0, 0.1) is 42.4 Å². The number of esters is 1. The number of hydrogen-bond acceptors (Lipinski definition) is 17. The molecule has 2 aromatic rings. The van der Waals surface area contributed by atoms with Crippen molar-refractivity contribution in [2.45, 2.75) is 149 Å². The van der Waals surface area contributed by atoms with Gasteiger partial charge in [-0.1, -0.05) is 66.7 Å². The highest BCUT2D eigenvalue weighted by Crippen LogP contribution is 2.61. The first-order valence-electron chi connectivity index (χ1n) is 28.3. The number of Topliss-reactive ketones (excluding diaryl/α,β-unsaturated/α-hetero) is 2. The zero-order valence-corrected chi connectivity index (χ0v) is 50.8. The number of aliphatic hydroxyl groups excluding tert-OH is 3. The molecule has 0 saturated carbocycles. The monoisotopic (exact) mass is 1200 g/mol. The van der Waals surface area contributed by atoms with Gasteiger partial charge in [0.1, 0.15) is 34.8 Å². The number of ketones is 2. The summed E-state index contributed by atoms with van der Waals surface area (Å²) in [6.45, 7) is 20.8. The smallest absolute Gasteiger partial charge is 0.340 e. The number of allylic oxidation sites excluding steroid dienone is 3. The minimum Gasteiger partial charge on any atom is -0.507 e. The first kappa shape index (κ1) is 65.0. The number of phenolic OH excluding ortho intramolecular Hbond substituents is 1. The van der Waals surface area contributed by atoms with Crippen LogP contribution in [0.4, 0.5) is 0 Å². The van der Waals surface area contributed by atoms with Gasteiger partial charge < -0.3 is 69.2 Å². The topological polar surface area (TPSA) is 332 Å². The second kappa shape index (κ2) is 25.6. The van der Waals surface area contributed by atoms with Gasteiger partial charge in [-0.2, -0.15) is 0 Å². The fraction of sp³-hybridized carbons (Fsp3) is 0.576. The highest BCUT2D eigenvalue weighted by Gasteiger charge is 2.58. The fourth-order valence-electron chi connectivity index (χ4n) is 12.1. The Kier molecular flexibility index (Phi) is 20.1. The number of benzene rings is 2. The Morgan fingerprint density at radius 2 is 1.52 bits per heavy atom. The molecule has 2 aromatic carbocycles. The molecule has 456 valence electrons. The molecule has 5 bridgehead atoms. The van der Waals surface area contributed by atoms with Gasteiger partial charge in [0.25, 0.3) is 11.7 Å². The Bertz CT molecular complexity index is 3040. The lowest BCUT2D eigenvalue weighted by atomic mass is 9.77. The van der Waals surface area contributed by atoms with E-state index in [9.17, 15) is 63.5 Å². The lowest BCUT2D eigenvalue weighted by molar-refractivity contribution is -0.158. The molecule has 0 radical (unpaired) electrons. The van der Waals surface area contributed by atoms with Gasteiger partial charge in [-0.05, 0) is 87.6 Å². The average Bonchev–Trinajstić information content (AvgIpc) is 3.58. The second-order valence-corrected chi connectivity index (χ2v) is 27.7. The summed E-state index contributed by atoms with van der Waals surface area (Å²) in [6, 6.07) is 4.98. The SMILES string of the molecule is CC(=O)O[C@H]1[C@H](C)[C@H](O)[C@H](C)[C@@H](O)[C@@H](C)/C=C/C=C(/C)C(=O)NC2=C(O)c3c(O)c(C)c4c(c3C3=NC5(CCN(CC(C)C)CC5)N(CCC(=O)c5ccc(OCCCC(P(=O)(O)O)P(=O)(O)O)cc5)C32)C(=O)[C@@](C)(O/C=C/[C@H](C)[C@H]1C)O4. The van der Waals surface area contributed by atoms with E-state index in [1.807, 2.05) is 18.7 Å². The fourth-order valence-corrected chi connectivity index (χ4v) is 14.7. The van der Waals surface area contributed by atoms with Crippen LogP contribution >= 0.6 is 15.2 Å². The molecule has 1 saturated heterocycles. The molecular weight excluding hydrogens is 1110 g/mol. The number of aromatic hydroxyl groups is 1. The van der Waals surface area contributed by atoms with Crippen LogP contribution in [0.3, 0.4) is 0 Å². The number of aliphatic hydroxyl groups is 3. The van der Waals surface area contributed by atoms with Crippen LogP contribution in [0.25, 0.3) is 5.76 Å². The van der Waals surface area contributed by atoms with Crippen molar-refractivity contribution in [1.82, 2.24) is 15.1 Å². The van der Waals surface area contributed by atoms with Crippen LogP contribution in [-0.2, 0) is 28.2 Å². The summed E-state index contributed by atoms with van der Waals surface area (Å²) < 4.78 is 47.7. The lowest BCUT2D eigenvalue weighted by Gasteiger charge is -2.45. The van der Waals surface area contributed by atoms with E-state index < -0.39 is 122 Å². The first-order valence-corrected chi connectivity index (χ1v) is 31.7. The lowest BCUT2D eigenvalue weighted by Crippen LogP contribution is -2.57. The zero-order valence-electron chi connectivity index (χ0n) is 49.0. The Morgan fingerprint density at radius 1 is 0.880 bits per heavy atom. The van der Waals surface area contributed by atoms with E-state index in [1.165, 1.54) is 57.4 Å². The summed E-state index contributed by atoms with van der Waals surface area (Å²) in [6.07, 6.45) is 4.93. The van der Waals surface area contributed by atoms with E-state index in [4.69, 9.17) is 23.9 Å². The van der Waals surface area contributed by atoms with E-state index in [0.29, 0.717) is 31.8 Å². The predicted molar refractivity (Wildman–Crippen MR) is 309 cm³/mol. The molecule has 1 spiro atoms. The van der Waals surface area contributed by atoms with Crippen molar-refractivity contribution >= 4 is 50.1 Å². The molecule has 5 aliphatic heterocycles. The Balaban J connectivity index is 1.30. The summed E-state index contributed by atoms with van der Waals surface area (Å²) in [5.74, 6) is -7.33. The van der Waals surface area contributed by atoms with Crippen molar-refractivity contribution in [1.29, 1.82) is 0 Å². The number of carbonyl (C=O) groups excluding carboxylic acids is 4. The van der Waals surface area contributed by atoms with E-state index in [1.54, 1.807) is 45.9 Å². The third kappa shape index (κ3) is 13.8. The number of hydrogen-bond donors (Lipinski definition) is 9. The molecule has 1 aliphatic carbocycles. The van der Waals surface area contributed by atoms with E-state index in [2.05, 4.69) is 24.1 Å². The third-order valence-corrected chi connectivity index (χ3v) is 21.0. The molecule has 83 heavy (non-hydrogen) atoms. The Morgan fingerprint density at radius 3 is 2.12 bits per heavy atom. The number of piperidine rings is 1. The van der Waals surface area contributed by atoms with Crippen molar-refractivity contribution in [3.8, 4) is 17.2 Å². The number of nitrogens with zero attached hydrogens (tertiary/aromatic N) is 3. The van der Waals surface area contributed by atoms with Crippen LogP contribution < -0.4 is 14.8 Å². The average molecular weight is 1200 g/mol. The molecule has 1 unspecified atom stereocenters. The number of nitrogens with one attached hydrogen (secondary N) is 1. The highest BCUT2D eigenvalue weighted by atomic mass is 31.2. The minimum absolute atomic E-state index is 0.00984. The van der Waals surface area contributed by atoms with Crippen molar-refractivity contribution in [3.63, 3.8) is 0 Å². The van der Waals surface area contributed by atoms with Crippen LogP contribution in [0.15, 0.2) is 71.1 Å². The van der Waals surface area contributed by atoms with Crippen molar-refractivity contribution in [2.75, 3.05) is 32.8 Å². The Labute approximate surface area is 484 Å². The summed E-state index contributed by atoms with van der Waals surface area (Å²) in [4.78, 5) is 104. The first-order chi connectivity index (χ1) is 38.7. The molecule has 9 N–H and O–H groups in total. The Hall–Kier alpha value is -5.51. The number of carbonyl (C=O) groups is 4. The van der Waals surface area contributed by atoms with Gasteiger partial charge >= 0.3 is 26.9 Å². The quantitative estimate of drug-likeness (QED) is 0.0389. The third-order valence-electron chi connectivity index (χ3n) is 17.1. The summed E-state index contributed by atoms with van der Waals surface area (Å²) in [7, 11) is -10.2. The van der Waals surface area contributed by atoms with Crippen LogP contribution in [-0.4, -0.2) is 153 Å². The van der Waals surface area contributed by atoms with E-state index in [0.717, 1.165) is 6.54 Å². The molecule has 1 amide bonds. The van der Waals surface area contributed by atoms with Gasteiger partial charge in [-0.15, -0.1) is 0 Å². The maximum Gasteiger partial charge on any atom is 0.340 e. The number of rotatable bonds is 14. The standard InChI is InChI=1S/C59H82N4O18P2/c1-31(2)30-62-26-23-59(24-27-62)61-47-44-45-52(68)38(9)55-46(44)56(70)58(11,81-55)79-29-22-32(3)35(6)54(80-39(10)64)37(8)51(67)36(7)50(66)33(4)14-12-15-34(5)57(71)60-48(53(45)69)49(47)63(59)25-21-42(65)40-17-19-41(20-18-40)78-28-13-16-43(82(72,73)74)83(75,76)77/h12,14-15,17-20,22,29,31-33,35-37,43,49-51,54,66-69H,13,16,21,23-28,30H2,1-11H3,(H,60,71)(H2,72,73,74)(H2,75,76,77)/b14-12+,29-22+,34-15-/t32-,33-,35+,36+,37+,49?,50-,51+,54+,58-/m0/s1. The minimum atomic E-state index is -5.11. The number of ether oxygens (including phenoxy) is 4. The summed E-state index contributed by atoms with van der Waals surface area (Å²) in [5, 5.41) is 49.1. The molecule has 6 aliphatic rings. The number of fused-ring (bicyclic) bond motifs is 13. The van der Waals surface area contributed by atoms with Crippen molar-refractivity contribution < 1.29 is 87.3 Å². The maximum absolute atomic E-state index is 15.2. The number of amides is 1. The number of likely N-dealkylation sites (tertiary alicyclic amines) is 1. The molecule has 24 heteroatoms. The molecule has 22 nitrogen and oxygen atoms in total. The number of aliphatic imine (C=N–C) groups is 1. The van der Waals surface area contributed by atoms with Crippen LogP contribution in [0.5, 0.6) is 17.2 Å². The highest BCUT2D eigenvalue weighted by molar-refractivity contribution is 7.70. The van der Waals surface area contributed by atoms with E-state index >= 15 is 4.79 Å². The molecule has 10 atom stereocenters. The molecule has 5 heterocycles. The largest absolute Gasteiger partial charge is 0.507 e. The van der Waals surface area contributed by atoms with Crippen LogP contribution in [0.1, 0.15) is 139 Å². The zero-order chi connectivity index (χ0) is 61.4. The van der Waals surface area contributed by atoms with Crippen LogP contribution in [0.2, 0.25) is 0 Å². The second-order valence-electron chi connectivity index (χ2n) is 23.7. The van der Waals surface area contributed by atoms with Crippen molar-refractivity contribution in [3.05, 3.63) is 93.9 Å². The normalized spacial score (nSPS) is 29.6. The molecular formula is C59H82N4O18P2. The van der Waals surface area contributed by atoms with Gasteiger partial charge in [0.15, 0.2) is 11.2 Å². The van der Waals surface area contributed by atoms with Crippen molar-refractivity contribution in [2.24, 2.45) is 40.5 Å². The van der Waals surface area contributed by atoms with Gasteiger partial charge in [0.2, 0.25) is 0 Å². The van der Waals surface area contributed by atoms with Gasteiger partial charge in [-0.3, -0.25) is 38.2 Å². The molecule has 1 fully saturated rings. The predicted octanol–water partition coefficient (Wildman–Crippen LogP) is 7.26. The van der Waals surface area contributed by atoms with Gasteiger partial charge in [0.05, 0.1) is 53.7 Å². The number of phenols is 1. The molecule has 0 aromatic heterocycles. The maximum atomic E-state index is 15.2.